The number of anilines is 1. The number of rotatable bonds is 9. The first kappa shape index (κ1) is 34.0. The van der Waals surface area contributed by atoms with Crippen molar-refractivity contribution in [2.45, 2.75) is 93.8 Å². The minimum Gasteiger partial charge on any atom is -0.453 e. The van der Waals surface area contributed by atoms with Crippen LogP contribution in [0, 0.1) is 12.8 Å². The summed E-state index contributed by atoms with van der Waals surface area (Å²) >= 11 is 0. The van der Waals surface area contributed by atoms with Gasteiger partial charge in [-0.25, -0.2) is 4.98 Å². The van der Waals surface area contributed by atoms with Gasteiger partial charge < -0.3 is 9.32 Å². The van der Waals surface area contributed by atoms with Crippen molar-refractivity contribution in [1.29, 1.82) is 0 Å². The molecule has 2 aromatic rings. The molecule has 0 radical (unpaired) electrons. The SMILES string of the molecule is C/C=C\c1c(C)c2nc3ccc(N(CC)CC)cc3oc-2cc1=O.CC(C)ON(C(c1ccccc1)C(C)C)C(C)(C)C. The lowest BCUT2D eigenvalue weighted by Crippen LogP contribution is -2.46. The number of hydrogen-bond donors (Lipinski definition) is 0. The van der Waals surface area contributed by atoms with Crippen LogP contribution in [0.15, 0.2) is 69.9 Å². The van der Waals surface area contributed by atoms with Crippen molar-refractivity contribution in [3.8, 4) is 11.5 Å². The van der Waals surface area contributed by atoms with Gasteiger partial charge in [0.2, 0.25) is 0 Å². The van der Waals surface area contributed by atoms with Crippen molar-refractivity contribution < 1.29 is 9.25 Å². The number of benzene rings is 3. The number of nitrogens with zero attached hydrogens (tertiary/aromatic N) is 3. The first-order valence-electron chi connectivity index (χ1n) is 15.6. The van der Waals surface area contributed by atoms with Gasteiger partial charge in [0, 0.05) is 42.0 Å². The highest BCUT2D eigenvalue weighted by molar-refractivity contribution is 5.81. The number of aromatic nitrogens is 1. The highest BCUT2D eigenvalue weighted by Gasteiger charge is 2.33. The average Bonchev–Trinajstić information content (AvgIpc) is 2.95. The third-order valence-electron chi connectivity index (χ3n) is 7.39. The van der Waals surface area contributed by atoms with Gasteiger partial charge >= 0.3 is 0 Å². The summed E-state index contributed by atoms with van der Waals surface area (Å²) in [5, 5.41) is 2.16. The van der Waals surface area contributed by atoms with Gasteiger partial charge in [-0.2, -0.15) is 5.06 Å². The third-order valence-corrected chi connectivity index (χ3v) is 7.39. The lowest BCUT2D eigenvalue weighted by Gasteiger charge is -2.43. The zero-order valence-electron chi connectivity index (χ0n) is 28.1. The molecule has 0 bridgehead atoms. The average molecular weight is 586 g/mol. The zero-order chi connectivity index (χ0) is 31.9. The van der Waals surface area contributed by atoms with E-state index in [9.17, 15) is 4.79 Å². The molecular weight excluding hydrogens is 534 g/mol. The normalized spacial score (nSPS) is 12.9. The molecule has 1 aliphatic carbocycles. The molecule has 0 aromatic heterocycles. The van der Waals surface area contributed by atoms with E-state index in [0.717, 1.165) is 35.6 Å². The molecule has 0 amide bonds. The molecule has 0 saturated heterocycles. The van der Waals surface area contributed by atoms with Crippen LogP contribution >= 0.6 is 0 Å². The number of hydroxylamine groups is 2. The second kappa shape index (κ2) is 14.8. The first-order valence-corrected chi connectivity index (χ1v) is 15.6. The van der Waals surface area contributed by atoms with Gasteiger partial charge in [-0.15, -0.1) is 0 Å². The molecule has 2 aromatic carbocycles. The highest BCUT2D eigenvalue weighted by Crippen LogP contribution is 2.35. The summed E-state index contributed by atoms with van der Waals surface area (Å²) in [6, 6.07) is 18.5. The maximum atomic E-state index is 12.3. The van der Waals surface area contributed by atoms with E-state index < -0.39 is 0 Å². The van der Waals surface area contributed by atoms with E-state index in [1.54, 1.807) is 0 Å². The quantitative estimate of drug-likeness (QED) is 0.144. The van der Waals surface area contributed by atoms with Gasteiger partial charge in [-0.05, 0) is 91.5 Å². The van der Waals surface area contributed by atoms with Crippen molar-refractivity contribution in [1.82, 2.24) is 10.0 Å². The van der Waals surface area contributed by atoms with Crippen LogP contribution in [0.1, 0.15) is 92.0 Å². The standard InChI is InChI=1S/C20H22N2O2.C17H29NO/c1-5-8-15-13(4)20-19(12-17(15)23)24-18-11-14(22(6-2)7-3)9-10-16(18)21-20;1-13(2)16(15-11-9-8-10-12-15)18(17(5,6)7)19-14(3)4/h5,8-12H,6-7H2,1-4H3;8-14,16H,1-7H3/b8-5-;. The van der Waals surface area contributed by atoms with Crippen molar-refractivity contribution in [2.24, 2.45) is 5.92 Å². The molecule has 6 heteroatoms. The van der Waals surface area contributed by atoms with E-state index in [4.69, 9.17) is 14.2 Å². The fourth-order valence-electron chi connectivity index (χ4n) is 5.36. The number of hydrogen-bond acceptors (Lipinski definition) is 6. The Balaban J connectivity index is 0.000000243. The van der Waals surface area contributed by atoms with Crippen molar-refractivity contribution in [3.63, 3.8) is 0 Å². The van der Waals surface area contributed by atoms with E-state index in [1.165, 1.54) is 11.6 Å². The molecule has 1 aliphatic heterocycles. The lowest BCUT2D eigenvalue weighted by molar-refractivity contribution is -0.266. The molecule has 4 rings (SSSR count). The van der Waals surface area contributed by atoms with Crippen LogP contribution < -0.4 is 10.3 Å². The maximum Gasteiger partial charge on any atom is 0.189 e. The Kier molecular flexibility index (Phi) is 11.7. The first-order chi connectivity index (χ1) is 20.3. The molecule has 1 atom stereocenters. The van der Waals surface area contributed by atoms with Crippen LogP contribution in [0.4, 0.5) is 5.69 Å². The molecule has 6 nitrogen and oxygen atoms in total. The monoisotopic (exact) mass is 585 g/mol. The van der Waals surface area contributed by atoms with Crippen LogP contribution in [0.25, 0.3) is 28.6 Å². The molecule has 0 N–H and O–H groups in total. The van der Waals surface area contributed by atoms with Crippen LogP contribution in [0.3, 0.4) is 0 Å². The fourth-order valence-corrected chi connectivity index (χ4v) is 5.36. The van der Waals surface area contributed by atoms with Crippen LogP contribution in [0.2, 0.25) is 0 Å². The molecule has 232 valence electrons. The van der Waals surface area contributed by atoms with Gasteiger partial charge in [0.1, 0.15) is 11.2 Å². The maximum absolute atomic E-state index is 12.3. The van der Waals surface area contributed by atoms with Crippen LogP contribution in [-0.4, -0.2) is 34.8 Å². The van der Waals surface area contributed by atoms with E-state index in [0.29, 0.717) is 22.8 Å². The van der Waals surface area contributed by atoms with E-state index in [-0.39, 0.29) is 23.1 Å². The van der Waals surface area contributed by atoms with Gasteiger partial charge in [-0.3, -0.25) is 9.63 Å². The lowest BCUT2D eigenvalue weighted by atomic mass is 9.92. The van der Waals surface area contributed by atoms with Crippen LogP contribution in [-0.2, 0) is 4.84 Å². The molecule has 1 heterocycles. The molecule has 0 fully saturated rings. The van der Waals surface area contributed by atoms with E-state index in [2.05, 4.69) is 109 Å². The Hall–Kier alpha value is -3.48. The molecule has 2 aliphatic rings. The fraction of sp³-hybridized carbons (Fsp3) is 0.459. The minimum atomic E-state index is -0.0390. The van der Waals surface area contributed by atoms with E-state index in [1.807, 2.05) is 38.1 Å². The zero-order valence-corrected chi connectivity index (χ0v) is 28.1. The smallest absolute Gasteiger partial charge is 0.189 e. The predicted octanol–water partition coefficient (Wildman–Crippen LogP) is 9.30. The Morgan fingerprint density at radius 1 is 0.977 bits per heavy atom. The molecule has 0 saturated carbocycles. The topological polar surface area (TPSA) is 58.8 Å². The minimum absolute atomic E-state index is 0.0327. The Morgan fingerprint density at radius 3 is 2.16 bits per heavy atom. The Labute approximate surface area is 258 Å². The third kappa shape index (κ3) is 8.33. The van der Waals surface area contributed by atoms with Gasteiger partial charge in [0.25, 0.3) is 0 Å². The summed E-state index contributed by atoms with van der Waals surface area (Å²) in [5.41, 5.74) is 6.11. The Bertz CT molecular complexity index is 1510. The summed E-state index contributed by atoms with van der Waals surface area (Å²) in [6.07, 6.45) is 3.88. The predicted molar refractivity (Wildman–Crippen MR) is 182 cm³/mol. The van der Waals surface area contributed by atoms with E-state index >= 15 is 0 Å². The summed E-state index contributed by atoms with van der Waals surface area (Å²) in [7, 11) is 0. The summed E-state index contributed by atoms with van der Waals surface area (Å²) in [5.74, 6) is 1.02. The summed E-state index contributed by atoms with van der Waals surface area (Å²) < 4.78 is 6.01. The van der Waals surface area contributed by atoms with Crippen molar-refractivity contribution in [3.05, 3.63) is 87.6 Å². The molecular formula is C37H51N3O3. The molecule has 43 heavy (non-hydrogen) atoms. The summed E-state index contributed by atoms with van der Waals surface area (Å²) in [4.78, 5) is 25.4. The van der Waals surface area contributed by atoms with Crippen molar-refractivity contribution in [2.75, 3.05) is 18.0 Å². The van der Waals surface area contributed by atoms with Gasteiger partial charge in [0.15, 0.2) is 16.8 Å². The van der Waals surface area contributed by atoms with Crippen LogP contribution in [0.5, 0.6) is 0 Å². The van der Waals surface area contributed by atoms with Gasteiger partial charge in [0.05, 0.1) is 12.1 Å². The molecule has 0 spiro atoms. The highest BCUT2D eigenvalue weighted by atomic mass is 16.7. The van der Waals surface area contributed by atoms with Crippen molar-refractivity contribution >= 4 is 22.9 Å². The Morgan fingerprint density at radius 2 is 1.63 bits per heavy atom. The van der Waals surface area contributed by atoms with Gasteiger partial charge in [-0.1, -0.05) is 56.3 Å². The number of fused-ring (bicyclic) bond motifs is 2. The molecule has 1 unspecified atom stereocenters. The largest absolute Gasteiger partial charge is 0.453 e. The summed E-state index contributed by atoms with van der Waals surface area (Å²) in [6.45, 7) is 25.2. The second-order valence-electron chi connectivity index (χ2n) is 12.5. The number of allylic oxidation sites excluding steroid dienone is 1. The second-order valence-corrected chi connectivity index (χ2v) is 12.5.